The van der Waals surface area contributed by atoms with Crippen LogP contribution < -0.4 is 5.32 Å². The summed E-state index contributed by atoms with van der Waals surface area (Å²) in [4.78, 5) is 13.5. The molecule has 0 spiro atoms. The first kappa shape index (κ1) is 17.4. The van der Waals surface area contributed by atoms with Gasteiger partial charge in [-0.1, -0.05) is 0 Å². The maximum absolute atomic E-state index is 11.5. The highest BCUT2D eigenvalue weighted by molar-refractivity contribution is 7.91. The molecule has 2 N–H and O–H groups in total. The lowest BCUT2D eigenvalue weighted by Gasteiger charge is -2.31. The smallest absolute Gasteiger partial charge is 0.323 e. The van der Waals surface area contributed by atoms with Crippen molar-refractivity contribution in [2.24, 2.45) is 0 Å². The maximum atomic E-state index is 11.5. The second-order valence-corrected chi connectivity index (χ2v) is 8.34. The van der Waals surface area contributed by atoms with E-state index >= 15 is 0 Å². The number of hydrogen-bond donors (Lipinski definition) is 2. The molecule has 1 atom stereocenters. The summed E-state index contributed by atoms with van der Waals surface area (Å²) in [7, 11) is -2.91. The van der Waals surface area contributed by atoms with Gasteiger partial charge in [-0.05, 0) is 40.2 Å². The van der Waals surface area contributed by atoms with Gasteiger partial charge >= 0.3 is 5.97 Å². The van der Waals surface area contributed by atoms with Crippen molar-refractivity contribution >= 4 is 15.8 Å². The summed E-state index contributed by atoms with van der Waals surface area (Å²) < 4.78 is 23.1. The molecule has 118 valence electrons. The Kier molecular flexibility index (Phi) is 5.97. The van der Waals surface area contributed by atoms with Crippen LogP contribution in [0, 0.1) is 0 Å². The fourth-order valence-electron chi connectivity index (χ4n) is 2.47. The average molecular weight is 306 g/mol. The molecule has 7 heteroatoms. The zero-order chi connectivity index (χ0) is 15.4. The molecule has 0 radical (unpaired) electrons. The molecule has 0 amide bonds. The van der Waals surface area contributed by atoms with Gasteiger partial charge in [-0.15, -0.1) is 0 Å². The second kappa shape index (κ2) is 6.87. The molecule has 1 heterocycles. The highest BCUT2D eigenvalue weighted by Gasteiger charge is 2.34. The van der Waals surface area contributed by atoms with Crippen LogP contribution in [0.5, 0.6) is 0 Å². The lowest BCUT2D eigenvalue weighted by atomic mass is 9.96. The minimum atomic E-state index is -2.91. The van der Waals surface area contributed by atoms with E-state index in [-0.39, 0.29) is 17.5 Å². The predicted molar refractivity (Wildman–Crippen MR) is 78.6 cm³/mol. The molecular weight excluding hydrogens is 280 g/mol. The Hall–Kier alpha value is -0.660. The molecule has 0 saturated carbocycles. The Morgan fingerprint density at radius 2 is 2.00 bits per heavy atom. The van der Waals surface area contributed by atoms with Crippen molar-refractivity contribution in [1.82, 2.24) is 10.2 Å². The van der Waals surface area contributed by atoms with Gasteiger partial charge in [0, 0.05) is 19.1 Å². The van der Waals surface area contributed by atoms with E-state index in [1.165, 1.54) is 0 Å². The number of hydrogen-bond acceptors (Lipinski definition) is 5. The third-order valence-corrected chi connectivity index (χ3v) is 5.37. The van der Waals surface area contributed by atoms with Crippen LogP contribution in [0.15, 0.2) is 0 Å². The van der Waals surface area contributed by atoms with Gasteiger partial charge in [0.15, 0.2) is 9.84 Å². The van der Waals surface area contributed by atoms with Crippen LogP contribution in [-0.2, 0) is 14.6 Å². The molecule has 1 fully saturated rings. The highest BCUT2D eigenvalue weighted by atomic mass is 32.2. The Morgan fingerprint density at radius 3 is 2.55 bits per heavy atom. The lowest BCUT2D eigenvalue weighted by Crippen LogP contribution is -2.54. The van der Waals surface area contributed by atoms with Gasteiger partial charge in [-0.3, -0.25) is 10.1 Å². The van der Waals surface area contributed by atoms with E-state index in [9.17, 15) is 18.3 Å². The first-order valence-electron chi connectivity index (χ1n) is 7.08. The molecule has 0 aromatic carbocycles. The van der Waals surface area contributed by atoms with Crippen LogP contribution in [0.2, 0.25) is 0 Å². The van der Waals surface area contributed by atoms with Crippen molar-refractivity contribution in [1.29, 1.82) is 0 Å². The molecule has 1 rings (SSSR count). The van der Waals surface area contributed by atoms with Crippen molar-refractivity contribution in [2.75, 3.05) is 31.1 Å². The van der Waals surface area contributed by atoms with Crippen molar-refractivity contribution in [3.8, 4) is 0 Å². The first-order valence-corrected chi connectivity index (χ1v) is 8.91. The topological polar surface area (TPSA) is 86.7 Å². The van der Waals surface area contributed by atoms with E-state index in [1.807, 2.05) is 18.7 Å². The quantitative estimate of drug-likeness (QED) is 0.736. The van der Waals surface area contributed by atoms with Crippen LogP contribution in [0.1, 0.15) is 33.6 Å². The van der Waals surface area contributed by atoms with Crippen molar-refractivity contribution in [3.05, 3.63) is 0 Å². The summed E-state index contributed by atoms with van der Waals surface area (Å²) in [6, 6.07) is 0.0839. The number of carboxylic acids is 1. The minimum absolute atomic E-state index is 0.0839. The van der Waals surface area contributed by atoms with Crippen LogP contribution in [0.4, 0.5) is 0 Å². The summed E-state index contributed by atoms with van der Waals surface area (Å²) in [5, 5.41) is 12.5. The fourth-order valence-corrected chi connectivity index (χ4v) is 3.78. The van der Waals surface area contributed by atoms with Gasteiger partial charge in [0.05, 0.1) is 11.5 Å². The summed E-state index contributed by atoms with van der Waals surface area (Å²) in [5.74, 6) is -0.452. The molecule has 0 bridgehead atoms. The lowest BCUT2D eigenvalue weighted by molar-refractivity contribution is -0.145. The van der Waals surface area contributed by atoms with Crippen LogP contribution >= 0.6 is 0 Å². The number of carbonyl (C=O) groups is 1. The molecule has 1 saturated heterocycles. The Labute approximate surface area is 121 Å². The minimum Gasteiger partial charge on any atom is -0.480 e. The number of aliphatic carboxylic acids is 1. The molecule has 1 aliphatic rings. The van der Waals surface area contributed by atoms with Crippen molar-refractivity contribution in [3.63, 3.8) is 0 Å². The van der Waals surface area contributed by atoms with Crippen molar-refractivity contribution < 1.29 is 18.3 Å². The summed E-state index contributed by atoms with van der Waals surface area (Å²) >= 11 is 0. The van der Waals surface area contributed by atoms with Gasteiger partial charge in [-0.25, -0.2) is 8.42 Å². The SMILES string of the molecule is CC(C)NC(C)(CCN1CCCS(=O)(=O)CC1)C(=O)O. The van der Waals surface area contributed by atoms with E-state index in [2.05, 4.69) is 5.32 Å². The molecule has 6 nitrogen and oxygen atoms in total. The fraction of sp³-hybridized carbons (Fsp3) is 0.923. The van der Waals surface area contributed by atoms with Gasteiger partial charge in [0.25, 0.3) is 0 Å². The standard InChI is InChI=1S/C13H26N2O4S/c1-11(2)14-13(3,12(16)17)5-7-15-6-4-9-20(18,19)10-8-15/h11,14H,4-10H2,1-3H3,(H,16,17). The molecule has 0 aliphatic carbocycles. The van der Waals surface area contributed by atoms with E-state index in [4.69, 9.17) is 0 Å². The molecule has 1 aliphatic heterocycles. The normalized spacial score (nSPS) is 23.2. The maximum Gasteiger partial charge on any atom is 0.323 e. The number of sulfone groups is 1. The largest absolute Gasteiger partial charge is 0.480 e. The average Bonchev–Trinajstić information content (AvgIpc) is 2.47. The zero-order valence-corrected chi connectivity index (χ0v) is 13.4. The third kappa shape index (κ3) is 5.38. The number of carboxylic acid groups (broad SMARTS) is 1. The summed E-state index contributed by atoms with van der Waals surface area (Å²) in [6.45, 7) is 7.33. The van der Waals surface area contributed by atoms with Gasteiger partial charge in [0.2, 0.25) is 0 Å². The Morgan fingerprint density at radius 1 is 1.35 bits per heavy atom. The van der Waals surface area contributed by atoms with E-state index in [1.54, 1.807) is 6.92 Å². The van der Waals surface area contributed by atoms with E-state index in [0.29, 0.717) is 25.9 Å². The van der Waals surface area contributed by atoms with Gasteiger partial charge in [-0.2, -0.15) is 0 Å². The van der Waals surface area contributed by atoms with Crippen LogP contribution in [0.25, 0.3) is 0 Å². The molecule has 1 unspecified atom stereocenters. The molecule has 0 aromatic heterocycles. The second-order valence-electron chi connectivity index (χ2n) is 6.03. The monoisotopic (exact) mass is 306 g/mol. The third-order valence-electron chi connectivity index (χ3n) is 3.66. The highest BCUT2D eigenvalue weighted by Crippen LogP contribution is 2.14. The van der Waals surface area contributed by atoms with Crippen molar-refractivity contribution in [2.45, 2.75) is 45.2 Å². The number of nitrogens with one attached hydrogen (secondary N) is 1. The van der Waals surface area contributed by atoms with Crippen LogP contribution in [-0.4, -0.2) is 67.1 Å². The predicted octanol–water partition coefficient (Wildman–Crippen LogP) is 0.338. The molecule has 20 heavy (non-hydrogen) atoms. The number of rotatable bonds is 6. The Balaban J connectivity index is 2.57. The van der Waals surface area contributed by atoms with Crippen LogP contribution in [0.3, 0.4) is 0 Å². The van der Waals surface area contributed by atoms with E-state index < -0.39 is 21.3 Å². The summed E-state index contributed by atoms with van der Waals surface area (Å²) in [6.07, 6.45) is 1.09. The van der Waals surface area contributed by atoms with Gasteiger partial charge < -0.3 is 10.0 Å². The zero-order valence-electron chi connectivity index (χ0n) is 12.6. The first-order chi connectivity index (χ1) is 9.15. The van der Waals surface area contributed by atoms with E-state index in [0.717, 1.165) is 6.54 Å². The summed E-state index contributed by atoms with van der Waals surface area (Å²) in [5.41, 5.74) is -0.973. The molecule has 0 aromatic rings. The Bertz CT molecular complexity index is 436. The van der Waals surface area contributed by atoms with Gasteiger partial charge in [0.1, 0.15) is 5.54 Å². The number of nitrogens with zero attached hydrogens (tertiary/aromatic N) is 1. The molecular formula is C13H26N2O4S.